The third kappa shape index (κ3) is 5.10. The summed E-state index contributed by atoms with van der Waals surface area (Å²) in [6, 6.07) is 33.5. The number of hydrogen-bond acceptors (Lipinski definition) is 4. The van der Waals surface area contributed by atoms with Crippen LogP contribution in [0.3, 0.4) is 0 Å². The Labute approximate surface area is 251 Å². The number of nitrogens with zero attached hydrogens (tertiary/aromatic N) is 5. The Hall–Kier alpha value is -5.42. The molecular formula is C38H30N5-. The molecule has 0 saturated heterocycles. The number of fused-ring (bicyclic) bond motifs is 1. The van der Waals surface area contributed by atoms with E-state index < -0.39 is 0 Å². The third-order valence-corrected chi connectivity index (χ3v) is 8.19. The van der Waals surface area contributed by atoms with Crippen LogP contribution in [-0.2, 0) is 0 Å². The van der Waals surface area contributed by atoms with E-state index in [1.54, 1.807) is 12.5 Å². The first-order chi connectivity index (χ1) is 21.2. The summed E-state index contributed by atoms with van der Waals surface area (Å²) < 4.78 is 0. The van der Waals surface area contributed by atoms with Gasteiger partial charge in [0.2, 0.25) is 0 Å². The van der Waals surface area contributed by atoms with Gasteiger partial charge < -0.3 is 10.3 Å². The Morgan fingerprint density at radius 1 is 0.837 bits per heavy atom. The van der Waals surface area contributed by atoms with E-state index in [0.717, 1.165) is 50.3 Å². The largest absolute Gasteiger partial charge is 0.438 e. The highest BCUT2D eigenvalue weighted by Crippen LogP contribution is 2.42. The van der Waals surface area contributed by atoms with Gasteiger partial charge in [0.1, 0.15) is 6.33 Å². The Balaban J connectivity index is 1.37. The monoisotopic (exact) mass is 556 g/mol. The fourth-order valence-electron chi connectivity index (χ4n) is 5.80. The number of aliphatic imine (C=N–C) groups is 2. The predicted octanol–water partition coefficient (Wildman–Crippen LogP) is 9.13. The van der Waals surface area contributed by atoms with Crippen molar-refractivity contribution in [2.45, 2.75) is 13.1 Å². The van der Waals surface area contributed by atoms with Gasteiger partial charge in [-0.25, -0.2) is 9.97 Å². The van der Waals surface area contributed by atoms with Gasteiger partial charge >= 0.3 is 0 Å². The Morgan fingerprint density at radius 3 is 2.40 bits per heavy atom. The molecule has 1 unspecified atom stereocenters. The van der Waals surface area contributed by atoms with E-state index in [9.17, 15) is 0 Å². The average Bonchev–Trinajstić information content (AvgIpc) is 3.08. The lowest BCUT2D eigenvalue weighted by atomic mass is 9.75. The minimum Gasteiger partial charge on any atom is -0.438 e. The van der Waals surface area contributed by atoms with Crippen molar-refractivity contribution < 1.29 is 0 Å². The van der Waals surface area contributed by atoms with Crippen molar-refractivity contribution >= 4 is 22.4 Å². The second-order valence-electron chi connectivity index (χ2n) is 10.8. The van der Waals surface area contributed by atoms with E-state index in [1.165, 1.54) is 5.39 Å². The zero-order valence-electron chi connectivity index (χ0n) is 23.9. The van der Waals surface area contributed by atoms with Crippen molar-refractivity contribution in [3.63, 3.8) is 0 Å². The molecule has 4 aromatic carbocycles. The number of amidine groups is 2. The molecule has 1 aliphatic heterocycles. The summed E-state index contributed by atoms with van der Waals surface area (Å²) >= 11 is 0. The number of rotatable bonds is 7. The third-order valence-electron chi connectivity index (χ3n) is 8.19. The highest BCUT2D eigenvalue weighted by atomic mass is 15.2. The summed E-state index contributed by atoms with van der Waals surface area (Å²) in [5.74, 6) is 2.10. The molecule has 0 saturated carbocycles. The van der Waals surface area contributed by atoms with Crippen LogP contribution in [0.2, 0.25) is 0 Å². The zero-order chi connectivity index (χ0) is 29.2. The normalized spacial score (nSPS) is 19.7. The number of allylic oxidation sites excluding steroid dienone is 4. The van der Waals surface area contributed by atoms with Crippen molar-refractivity contribution in [3.8, 4) is 22.4 Å². The van der Waals surface area contributed by atoms with Crippen LogP contribution in [-0.4, -0.2) is 21.6 Å². The van der Waals surface area contributed by atoms with Gasteiger partial charge in [-0.05, 0) is 45.0 Å². The second-order valence-corrected chi connectivity index (χ2v) is 10.8. The average molecular weight is 557 g/mol. The molecule has 0 fully saturated rings. The van der Waals surface area contributed by atoms with Crippen molar-refractivity contribution in [2.75, 3.05) is 0 Å². The van der Waals surface area contributed by atoms with E-state index >= 15 is 0 Å². The number of benzene rings is 4. The minimum atomic E-state index is -0.376. The van der Waals surface area contributed by atoms with Gasteiger partial charge in [-0.15, -0.1) is 0 Å². The first-order valence-corrected chi connectivity index (χ1v) is 14.5. The van der Waals surface area contributed by atoms with Gasteiger partial charge in [-0.3, -0.25) is 4.99 Å². The van der Waals surface area contributed by atoms with Crippen molar-refractivity contribution in [2.24, 2.45) is 21.8 Å². The molecule has 0 bridgehead atoms. The summed E-state index contributed by atoms with van der Waals surface area (Å²) in [7, 11) is 0. The van der Waals surface area contributed by atoms with Crippen LogP contribution in [0.5, 0.6) is 0 Å². The second kappa shape index (κ2) is 11.5. The van der Waals surface area contributed by atoms with Crippen LogP contribution in [0, 0.1) is 11.8 Å². The molecule has 0 N–H and O–H groups in total. The quantitative estimate of drug-likeness (QED) is 0.188. The van der Waals surface area contributed by atoms with Gasteiger partial charge in [0.05, 0.1) is 17.7 Å². The topological polar surface area (TPSA) is 64.6 Å². The molecule has 1 aromatic heterocycles. The zero-order valence-corrected chi connectivity index (χ0v) is 23.9. The molecule has 2 heterocycles. The molecule has 208 valence electrons. The maximum absolute atomic E-state index is 5.16. The smallest absolute Gasteiger partial charge is 0.116 e. The summed E-state index contributed by atoms with van der Waals surface area (Å²) in [6.45, 7) is 6.05. The highest BCUT2D eigenvalue weighted by Gasteiger charge is 2.29. The lowest BCUT2D eigenvalue weighted by Gasteiger charge is -2.41. The maximum atomic E-state index is 5.16. The molecule has 2 aliphatic rings. The number of aromatic nitrogens is 2. The van der Waals surface area contributed by atoms with Gasteiger partial charge in [0.25, 0.3) is 0 Å². The first-order valence-electron chi connectivity index (χ1n) is 14.5. The van der Waals surface area contributed by atoms with Gasteiger partial charge in [-0.2, -0.15) is 0 Å². The van der Waals surface area contributed by atoms with E-state index in [4.69, 9.17) is 15.3 Å². The van der Waals surface area contributed by atoms with E-state index in [1.807, 2.05) is 36.4 Å². The van der Waals surface area contributed by atoms with Crippen molar-refractivity contribution in [1.29, 1.82) is 0 Å². The predicted molar refractivity (Wildman–Crippen MR) is 177 cm³/mol. The van der Waals surface area contributed by atoms with Crippen LogP contribution < -0.4 is 0 Å². The molecule has 3 atom stereocenters. The van der Waals surface area contributed by atoms with Gasteiger partial charge in [-0.1, -0.05) is 135 Å². The van der Waals surface area contributed by atoms with Crippen LogP contribution in [0.1, 0.15) is 24.2 Å². The highest BCUT2D eigenvalue weighted by molar-refractivity contribution is 6.22. The van der Waals surface area contributed by atoms with Crippen LogP contribution >= 0.6 is 0 Å². The Kier molecular flexibility index (Phi) is 7.05. The molecule has 1 aliphatic carbocycles. The molecule has 5 heteroatoms. The van der Waals surface area contributed by atoms with Gasteiger partial charge in [0, 0.05) is 23.2 Å². The Bertz CT molecular complexity index is 1920. The van der Waals surface area contributed by atoms with Gasteiger partial charge in [0.15, 0.2) is 0 Å². The molecule has 0 amide bonds. The summed E-state index contributed by atoms with van der Waals surface area (Å²) in [4.78, 5) is 18.8. The molecule has 43 heavy (non-hydrogen) atoms. The molecule has 0 radical (unpaired) electrons. The SMILES string of the molecule is C=C/C=C\[C@H]1C=C(C2=NC(c3ccc4ccccc4c3-c3ccc(-c4ccncn4)cc3)=NC(c3ccccc3)[N-]2)[C@@H]1C. The van der Waals surface area contributed by atoms with Crippen molar-refractivity contribution in [3.05, 3.63) is 162 Å². The molecule has 5 aromatic rings. The minimum absolute atomic E-state index is 0.305. The lowest BCUT2D eigenvalue weighted by Crippen LogP contribution is -2.28. The molecular weight excluding hydrogens is 526 g/mol. The van der Waals surface area contributed by atoms with Crippen LogP contribution in [0.15, 0.2) is 156 Å². The first kappa shape index (κ1) is 26.5. The molecule has 5 nitrogen and oxygen atoms in total. The standard InChI is InChI=1S/C38H30N5/c1-3-4-10-30-23-33(25(30)2)38-42-36(29-12-6-5-7-13-29)41-37(43-38)32-20-19-26-11-8-9-14-31(26)35(32)28-17-15-27(16-18-28)34-21-22-39-24-40-34/h3-25,30,36H,1H2,2H3/q-1/b10-4-/t25-,30+,36?/m1/s1. The summed E-state index contributed by atoms with van der Waals surface area (Å²) in [6.07, 6.45) is 11.2. The van der Waals surface area contributed by atoms with Crippen LogP contribution in [0.4, 0.5) is 0 Å². The Morgan fingerprint density at radius 2 is 1.63 bits per heavy atom. The van der Waals surface area contributed by atoms with E-state index in [2.05, 4.69) is 108 Å². The van der Waals surface area contributed by atoms with E-state index in [-0.39, 0.29) is 6.17 Å². The fourth-order valence-corrected chi connectivity index (χ4v) is 5.80. The molecule has 0 spiro atoms. The molecule has 7 rings (SSSR count). The summed E-state index contributed by atoms with van der Waals surface area (Å²) in [5.41, 5.74) is 7.30. The fraction of sp³-hybridized carbons (Fsp3) is 0.105. The van der Waals surface area contributed by atoms with E-state index in [0.29, 0.717) is 17.7 Å². The number of hydrogen-bond donors (Lipinski definition) is 0. The lowest BCUT2D eigenvalue weighted by molar-refractivity contribution is 0.529. The van der Waals surface area contributed by atoms with Crippen LogP contribution in [0.25, 0.3) is 38.5 Å². The summed E-state index contributed by atoms with van der Waals surface area (Å²) in [5, 5.41) is 7.38. The maximum Gasteiger partial charge on any atom is 0.116 e. The van der Waals surface area contributed by atoms with Crippen molar-refractivity contribution in [1.82, 2.24) is 9.97 Å².